The minimum absolute atomic E-state index is 0.112. The fourth-order valence-corrected chi connectivity index (χ4v) is 3.80. The highest BCUT2D eigenvalue weighted by Gasteiger charge is 2.20. The second kappa shape index (κ2) is 7.83. The summed E-state index contributed by atoms with van der Waals surface area (Å²) in [5.74, 6) is 1.86. The van der Waals surface area contributed by atoms with Crippen LogP contribution in [0, 0.1) is 0 Å². The summed E-state index contributed by atoms with van der Waals surface area (Å²) < 4.78 is 0. The standard InChI is InChI=1S/C18H24N4OS/c1-12(18(23)20-13-7-3-2-4-8-13)24-11-16-21-15-10-6-5-9-14(15)17(19)22-16/h5-6,9-10,12-13H,2-4,7-8,11H2,1H3,(H,20,23)(H2,19,21,22)/t12-/m0/s1. The van der Waals surface area contributed by atoms with Crippen LogP contribution in [-0.2, 0) is 10.5 Å². The molecule has 1 aliphatic carbocycles. The van der Waals surface area contributed by atoms with Gasteiger partial charge in [-0.25, -0.2) is 9.97 Å². The van der Waals surface area contributed by atoms with Crippen LogP contribution in [0.25, 0.3) is 10.9 Å². The summed E-state index contributed by atoms with van der Waals surface area (Å²) in [6.45, 7) is 1.94. The van der Waals surface area contributed by atoms with Gasteiger partial charge in [0.1, 0.15) is 11.6 Å². The van der Waals surface area contributed by atoms with Gasteiger partial charge in [-0.15, -0.1) is 11.8 Å². The Morgan fingerprint density at radius 1 is 1.29 bits per heavy atom. The summed E-state index contributed by atoms with van der Waals surface area (Å²) in [7, 11) is 0. The monoisotopic (exact) mass is 344 g/mol. The van der Waals surface area contributed by atoms with Gasteiger partial charge in [-0.05, 0) is 31.9 Å². The number of thioether (sulfide) groups is 1. The molecule has 1 heterocycles. The molecule has 0 saturated heterocycles. The lowest BCUT2D eigenvalue weighted by atomic mass is 9.95. The van der Waals surface area contributed by atoms with Crippen LogP contribution in [0.3, 0.4) is 0 Å². The van der Waals surface area contributed by atoms with Crippen molar-refractivity contribution >= 4 is 34.4 Å². The van der Waals surface area contributed by atoms with Crippen molar-refractivity contribution in [3.8, 4) is 0 Å². The van der Waals surface area contributed by atoms with Crippen LogP contribution in [-0.4, -0.2) is 27.2 Å². The van der Waals surface area contributed by atoms with E-state index in [9.17, 15) is 4.79 Å². The lowest BCUT2D eigenvalue weighted by Crippen LogP contribution is -2.40. The highest BCUT2D eigenvalue weighted by molar-refractivity contribution is 7.99. The number of aromatic nitrogens is 2. The second-order valence-corrected chi connectivity index (χ2v) is 7.67. The Labute approximate surface area is 146 Å². The van der Waals surface area contributed by atoms with Crippen molar-refractivity contribution in [2.75, 3.05) is 5.73 Å². The first-order valence-electron chi connectivity index (χ1n) is 8.56. The molecule has 1 fully saturated rings. The van der Waals surface area contributed by atoms with Gasteiger partial charge in [0.15, 0.2) is 0 Å². The first kappa shape index (κ1) is 17.0. The summed E-state index contributed by atoms with van der Waals surface area (Å²) in [6.07, 6.45) is 5.94. The van der Waals surface area contributed by atoms with Crippen LogP contribution in [0.5, 0.6) is 0 Å². The number of carbonyl (C=O) groups is 1. The maximum atomic E-state index is 12.3. The van der Waals surface area contributed by atoms with E-state index >= 15 is 0 Å². The number of nitrogens with two attached hydrogens (primary N) is 1. The normalized spacial score (nSPS) is 16.9. The Morgan fingerprint density at radius 2 is 2.04 bits per heavy atom. The molecule has 1 aliphatic rings. The smallest absolute Gasteiger partial charge is 0.233 e. The van der Waals surface area contributed by atoms with E-state index < -0.39 is 0 Å². The Balaban J connectivity index is 1.57. The van der Waals surface area contributed by atoms with E-state index in [4.69, 9.17) is 5.73 Å². The largest absolute Gasteiger partial charge is 0.383 e. The average molecular weight is 344 g/mol. The number of anilines is 1. The molecule has 2 aromatic rings. The summed E-state index contributed by atoms with van der Waals surface area (Å²) >= 11 is 1.55. The van der Waals surface area contributed by atoms with E-state index in [1.807, 2.05) is 31.2 Å². The molecule has 0 bridgehead atoms. The molecule has 5 nitrogen and oxygen atoms in total. The number of hydrogen-bond acceptors (Lipinski definition) is 5. The topological polar surface area (TPSA) is 80.9 Å². The van der Waals surface area contributed by atoms with Gasteiger partial charge in [-0.1, -0.05) is 31.4 Å². The van der Waals surface area contributed by atoms with Gasteiger partial charge in [0.05, 0.1) is 16.5 Å². The Hall–Kier alpha value is -1.82. The molecule has 6 heteroatoms. The zero-order chi connectivity index (χ0) is 16.9. The van der Waals surface area contributed by atoms with Crippen molar-refractivity contribution in [1.29, 1.82) is 0 Å². The second-order valence-electron chi connectivity index (χ2n) is 6.34. The quantitative estimate of drug-likeness (QED) is 0.870. The summed E-state index contributed by atoms with van der Waals surface area (Å²) in [6, 6.07) is 8.06. The molecule has 1 aromatic heterocycles. The molecule has 1 saturated carbocycles. The number of nitrogens with one attached hydrogen (secondary N) is 1. The fraction of sp³-hybridized carbons (Fsp3) is 0.500. The van der Waals surface area contributed by atoms with Crippen LogP contribution in [0.15, 0.2) is 24.3 Å². The number of benzene rings is 1. The molecule has 3 N–H and O–H groups in total. The first-order valence-corrected chi connectivity index (χ1v) is 9.61. The van der Waals surface area contributed by atoms with Crippen molar-refractivity contribution in [3.63, 3.8) is 0 Å². The van der Waals surface area contributed by atoms with Crippen LogP contribution in [0.1, 0.15) is 44.9 Å². The molecular weight excluding hydrogens is 320 g/mol. The van der Waals surface area contributed by atoms with Gasteiger partial charge in [0.2, 0.25) is 5.91 Å². The maximum absolute atomic E-state index is 12.3. The fourth-order valence-electron chi connectivity index (χ4n) is 3.06. The van der Waals surface area contributed by atoms with E-state index in [-0.39, 0.29) is 11.2 Å². The maximum Gasteiger partial charge on any atom is 0.233 e. The van der Waals surface area contributed by atoms with Crippen LogP contribution in [0.4, 0.5) is 5.82 Å². The molecule has 0 spiro atoms. The minimum Gasteiger partial charge on any atom is -0.383 e. The zero-order valence-electron chi connectivity index (χ0n) is 14.0. The van der Waals surface area contributed by atoms with Crippen molar-refractivity contribution in [3.05, 3.63) is 30.1 Å². The van der Waals surface area contributed by atoms with Gasteiger partial charge in [0, 0.05) is 11.4 Å². The molecule has 1 amide bonds. The summed E-state index contributed by atoms with van der Waals surface area (Å²) in [5, 5.41) is 3.92. The average Bonchev–Trinajstić information content (AvgIpc) is 2.60. The number of amides is 1. The van der Waals surface area contributed by atoms with Crippen molar-refractivity contribution in [2.45, 2.75) is 56.1 Å². The Bertz CT molecular complexity index is 715. The Kier molecular flexibility index (Phi) is 5.56. The zero-order valence-corrected chi connectivity index (χ0v) is 14.8. The van der Waals surface area contributed by atoms with E-state index in [2.05, 4.69) is 15.3 Å². The SMILES string of the molecule is C[C@H](SCc1nc(N)c2ccccc2n1)C(=O)NC1CCCCC1. The predicted molar refractivity (Wildman–Crippen MR) is 99.7 cm³/mol. The molecule has 3 rings (SSSR count). The lowest BCUT2D eigenvalue weighted by molar-refractivity contribution is -0.121. The van der Waals surface area contributed by atoms with Gasteiger partial charge >= 0.3 is 0 Å². The van der Waals surface area contributed by atoms with Crippen molar-refractivity contribution in [1.82, 2.24) is 15.3 Å². The van der Waals surface area contributed by atoms with Crippen LogP contribution >= 0.6 is 11.8 Å². The predicted octanol–water partition coefficient (Wildman–Crippen LogP) is 3.28. The number of nitrogens with zero attached hydrogens (tertiary/aromatic N) is 2. The molecule has 0 radical (unpaired) electrons. The van der Waals surface area contributed by atoms with E-state index in [0.29, 0.717) is 23.4 Å². The summed E-state index contributed by atoms with van der Waals surface area (Å²) in [5.41, 5.74) is 6.85. The molecular formula is C18H24N4OS. The first-order chi connectivity index (χ1) is 11.6. The lowest BCUT2D eigenvalue weighted by Gasteiger charge is -2.24. The molecule has 1 aromatic carbocycles. The number of fused-ring (bicyclic) bond motifs is 1. The highest BCUT2D eigenvalue weighted by atomic mass is 32.2. The number of nitrogen functional groups attached to an aromatic ring is 1. The number of para-hydroxylation sites is 1. The molecule has 1 atom stereocenters. The van der Waals surface area contributed by atoms with E-state index in [1.54, 1.807) is 11.8 Å². The van der Waals surface area contributed by atoms with Crippen molar-refractivity contribution in [2.24, 2.45) is 0 Å². The minimum atomic E-state index is -0.122. The number of hydrogen-bond donors (Lipinski definition) is 2. The van der Waals surface area contributed by atoms with E-state index in [1.165, 1.54) is 19.3 Å². The third-order valence-corrected chi connectivity index (χ3v) is 5.60. The van der Waals surface area contributed by atoms with Gasteiger partial charge in [-0.3, -0.25) is 4.79 Å². The third kappa shape index (κ3) is 4.17. The number of rotatable bonds is 5. The molecule has 24 heavy (non-hydrogen) atoms. The third-order valence-electron chi connectivity index (χ3n) is 4.46. The highest BCUT2D eigenvalue weighted by Crippen LogP contribution is 2.22. The molecule has 0 aliphatic heterocycles. The van der Waals surface area contributed by atoms with Crippen LogP contribution < -0.4 is 11.1 Å². The van der Waals surface area contributed by atoms with Gasteiger partial charge in [0.25, 0.3) is 0 Å². The van der Waals surface area contributed by atoms with E-state index in [0.717, 1.165) is 23.7 Å². The molecule has 128 valence electrons. The van der Waals surface area contributed by atoms with Crippen LogP contribution in [0.2, 0.25) is 0 Å². The van der Waals surface area contributed by atoms with Crippen molar-refractivity contribution < 1.29 is 4.79 Å². The summed E-state index contributed by atoms with van der Waals surface area (Å²) in [4.78, 5) is 21.2. The molecule has 0 unspecified atom stereocenters. The number of carbonyl (C=O) groups excluding carboxylic acids is 1. The van der Waals surface area contributed by atoms with Gasteiger partial charge < -0.3 is 11.1 Å². The Morgan fingerprint density at radius 3 is 2.83 bits per heavy atom. The van der Waals surface area contributed by atoms with Gasteiger partial charge in [-0.2, -0.15) is 0 Å².